The molecule has 0 spiro atoms. The number of methoxy groups -OCH3 is 1. The summed E-state index contributed by atoms with van der Waals surface area (Å²) in [6, 6.07) is 14.3. The van der Waals surface area contributed by atoms with Crippen LogP contribution in [0.15, 0.2) is 67.0 Å². The van der Waals surface area contributed by atoms with Crippen molar-refractivity contribution in [1.82, 2.24) is 25.0 Å². The summed E-state index contributed by atoms with van der Waals surface area (Å²) < 4.78 is 13.9. The molecule has 2 aliphatic heterocycles. The van der Waals surface area contributed by atoms with E-state index in [9.17, 15) is 14.4 Å². The van der Waals surface area contributed by atoms with Crippen LogP contribution in [-0.4, -0.2) is 77.5 Å². The van der Waals surface area contributed by atoms with Crippen molar-refractivity contribution < 1.29 is 23.9 Å². The fourth-order valence-corrected chi connectivity index (χ4v) is 7.78. The molecule has 2 saturated heterocycles. The molecule has 7 rings (SSSR count). The number of amides is 4. The van der Waals surface area contributed by atoms with Crippen LogP contribution in [0.5, 0.6) is 5.75 Å². The summed E-state index contributed by atoms with van der Waals surface area (Å²) in [6.45, 7) is 8.93. The second kappa shape index (κ2) is 16.0. The minimum absolute atomic E-state index is 0.0482. The van der Waals surface area contributed by atoms with Crippen molar-refractivity contribution in [2.75, 3.05) is 50.2 Å². The highest BCUT2D eigenvalue weighted by Gasteiger charge is 2.29. The van der Waals surface area contributed by atoms with Gasteiger partial charge in [0.25, 0.3) is 11.8 Å². The molecule has 3 fully saturated rings. The van der Waals surface area contributed by atoms with Gasteiger partial charge in [0.05, 0.1) is 35.1 Å². The number of likely N-dealkylation sites (tertiary alicyclic amines) is 1. The Balaban J connectivity index is 0.858. The van der Waals surface area contributed by atoms with E-state index in [1.54, 1.807) is 36.3 Å². The predicted octanol–water partition coefficient (Wildman–Crippen LogP) is 7.39. The van der Waals surface area contributed by atoms with E-state index in [1.165, 1.54) is 0 Å². The topological polar surface area (TPSA) is 131 Å². The fourth-order valence-electron chi connectivity index (χ4n) is 7.56. The number of carbonyl (C=O) groups excluding carboxylic acids is 3. The number of pyridine rings is 1. The Labute approximate surface area is 314 Å². The lowest BCUT2D eigenvalue weighted by molar-refractivity contribution is 0.0335. The molecule has 278 valence electrons. The van der Waals surface area contributed by atoms with Gasteiger partial charge >= 0.3 is 6.03 Å². The Morgan fingerprint density at radius 2 is 1.75 bits per heavy atom. The Morgan fingerprint density at radius 3 is 2.47 bits per heavy atom. The van der Waals surface area contributed by atoms with Crippen molar-refractivity contribution in [3.63, 3.8) is 0 Å². The zero-order chi connectivity index (χ0) is 37.1. The number of nitrogens with one attached hydrogen (secondary N) is 2. The zero-order valence-corrected chi connectivity index (χ0v) is 31.0. The van der Waals surface area contributed by atoms with Gasteiger partial charge in [0.15, 0.2) is 0 Å². The number of hydrogen-bond donors (Lipinski definition) is 2. The molecule has 2 aromatic heterocycles. The molecular weight excluding hydrogens is 694 g/mol. The van der Waals surface area contributed by atoms with E-state index in [0.717, 1.165) is 61.7 Å². The number of rotatable bonds is 10. The highest BCUT2D eigenvalue weighted by molar-refractivity contribution is 6.34. The number of carbonyl (C=O) groups is 3. The summed E-state index contributed by atoms with van der Waals surface area (Å²) in [7, 11) is 1.59. The van der Waals surface area contributed by atoms with E-state index in [2.05, 4.69) is 33.1 Å². The number of fused-ring (bicyclic) bond motifs is 1. The Bertz CT molecular complexity index is 2020. The molecule has 0 atom stereocenters. The third kappa shape index (κ3) is 8.34. The number of aryl methyl sites for hydroxylation is 1. The minimum atomic E-state index is -0.290. The maximum absolute atomic E-state index is 13.4. The molecular formula is C40H46ClN7O5. The molecule has 0 bridgehead atoms. The van der Waals surface area contributed by atoms with Crippen LogP contribution in [0.4, 0.5) is 16.2 Å². The van der Waals surface area contributed by atoms with Gasteiger partial charge in [-0.1, -0.05) is 24.2 Å². The monoisotopic (exact) mass is 739 g/mol. The lowest BCUT2D eigenvalue weighted by atomic mass is 9.86. The molecule has 0 radical (unpaired) electrons. The number of urea groups is 1. The lowest BCUT2D eigenvalue weighted by Gasteiger charge is -2.33. The SMILES string of the molecule is C=C1CCN(c2cc(C(=O)N3CCC(COCC4CCC(n5cc6cc(NC(=O)c7cccc(C)n7)c(OC)cc6n5)CC4)CC3)ccc2Cl)C(=O)N1. The number of piperidine rings is 1. The number of ether oxygens (including phenoxy) is 2. The first-order valence-electron chi connectivity index (χ1n) is 18.4. The lowest BCUT2D eigenvalue weighted by Crippen LogP contribution is -2.45. The van der Waals surface area contributed by atoms with Gasteiger partial charge in [-0.25, -0.2) is 9.78 Å². The van der Waals surface area contributed by atoms with Crippen molar-refractivity contribution in [3.8, 4) is 5.75 Å². The van der Waals surface area contributed by atoms with Crippen LogP contribution >= 0.6 is 11.6 Å². The highest BCUT2D eigenvalue weighted by Crippen LogP contribution is 2.36. The number of hydrogen-bond acceptors (Lipinski definition) is 7. The van der Waals surface area contributed by atoms with Crippen molar-refractivity contribution in [2.45, 2.75) is 57.9 Å². The third-order valence-corrected chi connectivity index (χ3v) is 11.0. The first-order valence-corrected chi connectivity index (χ1v) is 18.8. The van der Waals surface area contributed by atoms with Gasteiger partial charge in [-0.2, -0.15) is 5.10 Å². The number of anilines is 2. The van der Waals surface area contributed by atoms with Crippen molar-refractivity contribution >= 4 is 51.7 Å². The molecule has 2 aromatic carbocycles. The van der Waals surface area contributed by atoms with Gasteiger partial charge in [0, 0.05) is 73.9 Å². The zero-order valence-electron chi connectivity index (χ0n) is 30.3. The highest BCUT2D eigenvalue weighted by atomic mass is 35.5. The summed E-state index contributed by atoms with van der Waals surface area (Å²) >= 11 is 6.44. The molecule has 12 nitrogen and oxygen atoms in total. The van der Waals surface area contributed by atoms with Crippen LogP contribution in [0.3, 0.4) is 0 Å². The number of benzene rings is 2. The van der Waals surface area contributed by atoms with Gasteiger partial charge in [-0.15, -0.1) is 0 Å². The summed E-state index contributed by atoms with van der Waals surface area (Å²) in [5.41, 5.74) is 4.27. The van der Waals surface area contributed by atoms with Crippen LogP contribution in [0.25, 0.3) is 10.9 Å². The number of halogens is 1. The standard InChI is InChI=1S/C40H46ClN7O5/c1-25-5-4-6-33(42-25)38(49)44-35-19-30-22-48(45-34(30)21-37(35)52-3)31-10-7-27(8-11-31)23-53-24-28-14-16-46(17-15-28)39(50)29-9-12-32(41)36(20-29)47-18-13-26(2)43-40(47)51/h4-6,9,12,19-22,27-28,31H,2,7-8,10-11,13-18,23-24H2,1,3H3,(H,43,51)(H,44,49). The molecule has 53 heavy (non-hydrogen) atoms. The van der Waals surface area contributed by atoms with Crippen LogP contribution in [-0.2, 0) is 4.74 Å². The third-order valence-electron chi connectivity index (χ3n) is 10.7. The van der Waals surface area contributed by atoms with Gasteiger partial charge < -0.3 is 25.0 Å². The van der Waals surface area contributed by atoms with Crippen LogP contribution in [0.1, 0.15) is 77.5 Å². The summed E-state index contributed by atoms with van der Waals surface area (Å²) in [5.74, 6) is 1.14. The maximum atomic E-state index is 13.4. The van der Waals surface area contributed by atoms with Crippen LogP contribution < -0.4 is 20.3 Å². The molecule has 0 unspecified atom stereocenters. The van der Waals surface area contributed by atoms with E-state index in [4.69, 9.17) is 26.2 Å². The molecule has 13 heteroatoms. The Hall–Kier alpha value is -4.94. The first kappa shape index (κ1) is 36.4. The minimum Gasteiger partial charge on any atom is -0.494 e. The molecule has 4 aromatic rings. The molecule has 1 saturated carbocycles. The van der Waals surface area contributed by atoms with Gasteiger partial charge in [-0.3, -0.25) is 19.2 Å². The molecule has 2 N–H and O–H groups in total. The Morgan fingerprint density at radius 1 is 1.00 bits per heavy atom. The fraction of sp³-hybridized carbons (Fsp3) is 0.425. The average molecular weight is 740 g/mol. The molecule has 3 aliphatic rings. The molecule has 4 amide bonds. The number of aromatic nitrogens is 3. The second-order valence-electron chi connectivity index (χ2n) is 14.4. The van der Waals surface area contributed by atoms with E-state index in [-0.39, 0.29) is 17.8 Å². The van der Waals surface area contributed by atoms with E-state index >= 15 is 0 Å². The van der Waals surface area contributed by atoms with Crippen molar-refractivity contribution in [1.29, 1.82) is 0 Å². The normalized spacial score (nSPS) is 19.7. The summed E-state index contributed by atoms with van der Waals surface area (Å²) in [6.07, 6.45) is 8.64. The largest absolute Gasteiger partial charge is 0.494 e. The molecule has 1 aliphatic carbocycles. The smallest absolute Gasteiger partial charge is 0.326 e. The van der Waals surface area contributed by atoms with Gasteiger partial charge in [0.1, 0.15) is 11.4 Å². The van der Waals surface area contributed by atoms with Crippen molar-refractivity contribution in [2.24, 2.45) is 11.8 Å². The first-order chi connectivity index (χ1) is 25.6. The average Bonchev–Trinajstić information content (AvgIpc) is 3.58. The van der Waals surface area contributed by atoms with Crippen molar-refractivity contribution in [3.05, 3.63) is 89.0 Å². The van der Waals surface area contributed by atoms with Gasteiger partial charge in [0.2, 0.25) is 0 Å². The van der Waals surface area contributed by atoms with E-state index < -0.39 is 0 Å². The maximum Gasteiger partial charge on any atom is 0.326 e. The predicted molar refractivity (Wildman–Crippen MR) is 205 cm³/mol. The van der Waals surface area contributed by atoms with E-state index in [1.807, 2.05) is 36.1 Å². The van der Waals surface area contributed by atoms with Crippen LogP contribution in [0, 0.1) is 18.8 Å². The van der Waals surface area contributed by atoms with E-state index in [0.29, 0.717) is 89.6 Å². The second-order valence-corrected chi connectivity index (χ2v) is 14.8. The summed E-state index contributed by atoms with van der Waals surface area (Å²) in [4.78, 5) is 46.6. The Kier molecular flexibility index (Phi) is 11.0. The summed E-state index contributed by atoms with van der Waals surface area (Å²) in [5, 5.41) is 11.9. The quantitative estimate of drug-likeness (QED) is 0.174. The number of nitrogens with zero attached hydrogens (tertiary/aromatic N) is 5. The van der Waals surface area contributed by atoms with Gasteiger partial charge in [-0.05, 0) is 93.7 Å². The molecule has 4 heterocycles. The van der Waals surface area contributed by atoms with Crippen LogP contribution in [0.2, 0.25) is 5.02 Å².